The lowest BCUT2D eigenvalue weighted by Crippen LogP contribution is -2.60. The lowest BCUT2D eigenvalue weighted by Gasteiger charge is -2.40. The fourth-order valence-electron chi connectivity index (χ4n) is 5.46. The van der Waals surface area contributed by atoms with Gasteiger partial charge in [0.1, 0.15) is 90.4 Å². The van der Waals surface area contributed by atoms with E-state index in [4.69, 9.17) is 28.5 Å². The van der Waals surface area contributed by atoms with Crippen molar-refractivity contribution in [3.8, 4) is 40.1 Å². The second-order valence-corrected chi connectivity index (χ2v) is 11.4. The number of ether oxygens (including phenoxy) is 4. The van der Waals surface area contributed by atoms with E-state index in [0.717, 1.165) is 24.3 Å². The SMILES string of the molecule is O=C(O)CC(=O)OCC1OC(Oc2cc3c(O)cc(O)c(C4OC(CO)C(O)C(O)C4O)c3[o+]c2-c2ccc(O)c(O)c2)C(O)C(O)C1O. The number of carboxylic acids is 1. The molecule has 19 nitrogen and oxygen atoms in total. The molecular formula is C30H33O19+. The Bertz CT molecular complexity index is 1710. The normalized spacial score (nSPS) is 30.2. The van der Waals surface area contributed by atoms with E-state index in [1.165, 1.54) is 6.07 Å². The number of phenolic OH excluding ortho intramolecular Hbond substituents is 4. The first-order chi connectivity index (χ1) is 23.1. The van der Waals surface area contributed by atoms with E-state index < -0.39 is 127 Å². The highest BCUT2D eigenvalue weighted by Gasteiger charge is 2.49. The second-order valence-electron chi connectivity index (χ2n) is 11.4. The summed E-state index contributed by atoms with van der Waals surface area (Å²) in [7, 11) is 0. The van der Waals surface area contributed by atoms with E-state index >= 15 is 0 Å². The van der Waals surface area contributed by atoms with Crippen LogP contribution in [0.3, 0.4) is 0 Å². The molecule has 10 unspecified atom stereocenters. The summed E-state index contributed by atoms with van der Waals surface area (Å²) in [6.07, 6.45) is -18.9. The van der Waals surface area contributed by atoms with E-state index in [9.17, 15) is 65.8 Å². The number of aromatic hydroxyl groups is 4. The van der Waals surface area contributed by atoms with Crippen molar-refractivity contribution in [2.75, 3.05) is 13.2 Å². The Balaban J connectivity index is 1.61. The minimum atomic E-state index is -1.99. The topological polar surface area (TPSA) is 325 Å². The monoisotopic (exact) mass is 697 g/mol. The summed E-state index contributed by atoms with van der Waals surface area (Å²) >= 11 is 0. The van der Waals surface area contributed by atoms with Gasteiger partial charge in [-0.1, -0.05) is 0 Å². The van der Waals surface area contributed by atoms with Crippen molar-refractivity contribution in [3.05, 3.63) is 35.9 Å². The van der Waals surface area contributed by atoms with Crippen LogP contribution in [-0.4, -0.2) is 142 Å². The van der Waals surface area contributed by atoms with E-state index in [2.05, 4.69) is 0 Å². The van der Waals surface area contributed by atoms with Crippen molar-refractivity contribution < 1.29 is 94.2 Å². The van der Waals surface area contributed by atoms with Crippen molar-refractivity contribution >= 4 is 22.9 Å². The van der Waals surface area contributed by atoms with Crippen molar-refractivity contribution in [1.29, 1.82) is 0 Å². The summed E-state index contributed by atoms with van der Waals surface area (Å²) in [5, 5.41) is 123. The van der Waals surface area contributed by atoms with Crippen molar-refractivity contribution in [1.82, 2.24) is 0 Å². The lowest BCUT2D eigenvalue weighted by atomic mass is 9.89. The molecule has 2 aliphatic heterocycles. The molecule has 2 aromatic carbocycles. The molecule has 3 heterocycles. The third-order valence-electron chi connectivity index (χ3n) is 8.05. The number of carbonyl (C=O) groups is 2. The van der Waals surface area contributed by atoms with E-state index in [0.29, 0.717) is 0 Å². The standard InChI is InChI=1S/C30H32O19/c31-7-16-21(39)23(41)25(43)29(46-16)20-14(35)5-12(33)10-4-15(27(49-28(10)20)9-1-2-11(32)13(34)3-9)47-30-26(44)24(42)22(40)17(48-30)8-45-19(38)6-18(36)37/h1-5,16-17,21-26,29-31,39-44H,6-8H2,(H4-,32,33,34,35,36,37)/p+1. The minimum absolute atomic E-state index is 0.0557. The molecule has 0 bridgehead atoms. The van der Waals surface area contributed by atoms with Gasteiger partial charge in [0.05, 0.1) is 12.2 Å². The number of aliphatic hydroxyl groups is 7. The summed E-state index contributed by atoms with van der Waals surface area (Å²) in [5.41, 5.74) is -0.850. The first-order valence-electron chi connectivity index (χ1n) is 14.5. The Hall–Kier alpha value is -4.57. The van der Waals surface area contributed by atoms with Gasteiger partial charge in [-0.05, 0) is 12.1 Å². The van der Waals surface area contributed by atoms with Gasteiger partial charge >= 0.3 is 23.3 Å². The first kappa shape index (κ1) is 35.7. The average molecular weight is 698 g/mol. The van der Waals surface area contributed by atoms with Crippen molar-refractivity contribution in [2.24, 2.45) is 0 Å². The molecular weight excluding hydrogens is 664 g/mol. The van der Waals surface area contributed by atoms with E-state index in [-0.39, 0.29) is 22.3 Å². The first-order valence-corrected chi connectivity index (χ1v) is 14.5. The van der Waals surface area contributed by atoms with Crippen LogP contribution in [0.15, 0.2) is 34.7 Å². The summed E-state index contributed by atoms with van der Waals surface area (Å²) in [6, 6.07) is 5.18. The Morgan fingerprint density at radius 1 is 0.755 bits per heavy atom. The van der Waals surface area contributed by atoms with Crippen LogP contribution in [0.1, 0.15) is 18.1 Å². The summed E-state index contributed by atoms with van der Waals surface area (Å²) in [6.45, 7) is -1.59. The number of esters is 1. The fraction of sp³-hybridized carbons (Fsp3) is 0.433. The second kappa shape index (κ2) is 14.1. The van der Waals surface area contributed by atoms with Crippen LogP contribution in [0, 0.1) is 0 Å². The number of fused-ring (bicyclic) bond motifs is 1. The van der Waals surface area contributed by atoms with Gasteiger partial charge in [0, 0.05) is 18.2 Å². The number of hydrogen-bond donors (Lipinski definition) is 12. The molecule has 0 amide bonds. The zero-order chi connectivity index (χ0) is 35.9. The maximum atomic E-state index is 11.7. The maximum absolute atomic E-state index is 11.7. The predicted octanol–water partition coefficient (Wildman–Crippen LogP) is -2.08. The molecule has 5 rings (SSSR count). The number of phenols is 4. The smallest absolute Gasteiger partial charge is 0.402 e. The number of benzene rings is 2. The molecule has 1 aromatic heterocycles. The van der Waals surface area contributed by atoms with Crippen molar-refractivity contribution in [3.63, 3.8) is 0 Å². The third kappa shape index (κ3) is 6.97. The highest BCUT2D eigenvalue weighted by Crippen LogP contribution is 2.48. The zero-order valence-electron chi connectivity index (χ0n) is 25.0. The predicted molar refractivity (Wildman–Crippen MR) is 156 cm³/mol. The van der Waals surface area contributed by atoms with E-state index in [1.54, 1.807) is 0 Å². The molecule has 2 fully saturated rings. The van der Waals surface area contributed by atoms with Crippen LogP contribution in [-0.2, 0) is 23.8 Å². The summed E-state index contributed by atoms with van der Waals surface area (Å²) in [4.78, 5) is 22.5. The average Bonchev–Trinajstić information content (AvgIpc) is 3.05. The Kier molecular flexibility index (Phi) is 10.3. The molecule has 0 saturated carbocycles. The van der Waals surface area contributed by atoms with Crippen LogP contribution < -0.4 is 4.74 Å². The Labute approximate surface area is 274 Å². The van der Waals surface area contributed by atoms with Gasteiger partial charge < -0.3 is 80.2 Å². The molecule has 0 spiro atoms. The third-order valence-corrected chi connectivity index (χ3v) is 8.05. The number of carbonyl (C=O) groups excluding carboxylic acids is 1. The Morgan fingerprint density at radius 3 is 2.08 bits per heavy atom. The van der Waals surface area contributed by atoms with Gasteiger partial charge in [-0.25, -0.2) is 4.42 Å². The van der Waals surface area contributed by atoms with Gasteiger partial charge in [0.2, 0.25) is 12.0 Å². The molecule has 0 aliphatic carbocycles. The van der Waals surface area contributed by atoms with Gasteiger partial charge in [-0.3, -0.25) is 9.59 Å². The maximum Gasteiger partial charge on any atom is 0.402 e. The van der Waals surface area contributed by atoms with Crippen LogP contribution >= 0.6 is 0 Å². The largest absolute Gasteiger partial charge is 0.507 e. The molecule has 10 atom stereocenters. The van der Waals surface area contributed by atoms with Gasteiger partial charge in [-0.15, -0.1) is 0 Å². The number of aliphatic hydroxyl groups excluding tert-OH is 7. The van der Waals surface area contributed by atoms with Gasteiger partial charge in [-0.2, -0.15) is 0 Å². The number of aliphatic carboxylic acids is 1. The highest BCUT2D eigenvalue weighted by molar-refractivity contribution is 5.92. The van der Waals surface area contributed by atoms with Gasteiger partial charge in [0.15, 0.2) is 11.5 Å². The minimum Gasteiger partial charge on any atom is -0.507 e. The van der Waals surface area contributed by atoms with Crippen LogP contribution in [0.5, 0.6) is 28.7 Å². The highest BCUT2D eigenvalue weighted by atomic mass is 16.7. The quantitative estimate of drug-likeness (QED) is 0.0494. The van der Waals surface area contributed by atoms with E-state index in [1.807, 2.05) is 0 Å². The molecule has 2 saturated heterocycles. The fourth-order valence-corrected chi connectivity index (χ4v) is 5.46. The summed E-state index contributed by atoms with van der Waals surface area (Å²) < 4.78 is 27.8. The molecule has 3 aromatic rings. The lowest BCUT2D eigenvalue weighted by molar-refractivity contribution is -0.278. The summed E-state index contributed by atoms with van der Waals surface area (Å²) in [5.74, 6) is -6.06. The molecule has 12 N–H and O–H groups in total. The van der Waals surface area contributed by atoms with Crippen molar-refractivity contribution in [2.45, 2.75) is 67.6 Å². The molecule has 266 valence electrons. The molecule has 0 radical (unpaired) electrons. The molecule has 19 heteroatoms. The zero-order valence-corrected chi connectivity index (χ0v) is 25.0. The Morgan fingerprint density at radius 2 is 1.43 bits per heavy atom. The van der Waals surface area contributed by atoms with Crippen LogP contribution in [0.25, 0.3) is 22.3 Å². The number of hydrogen-bond acceptors (Lipinski definition) is 17. The number of carboxylic acid groups (broad SMARTS) is 1. The van der Waals surface area contributed by atoms with Crippen LogP contribution in [0.2, 0.25) is 0 Å². The number of rotatable bonds is 9. The van der Waals surface area contributed by atoms with Gasteiger partial charge in [0.25, 0.3) is 0 Å². The van der Waals surface area contributed by atoms with Crippen LogP contribution in [0.4, 0.5) is 0 Å². The molecule has 2 aliphatic rings. The molecule has 49 heavy (non-hydrogen) atoms.